The fourth-order valence-corrected chi connectivity index (χ4v) is 1.35. The second-order valence-electron chi connectivity index (χ2n) is 3.96. The van der Waals surface area contributed by atoms with E-state index < -0.39 is 126 Å². The third kappa shape index (κ3) is 5.48. The number of aromatic hydroxyl groups is 1. The smallest absolute Gasteiger partial charge is 0.293 e. The maximum atomic E-state index is 11.6. The molecule has 0 aliphatic carbocycles. The van der Waals surface area contributed by atoms with Crippen LogP contribution in [-0.2, 0) is 11.2 Å². The molecule has 0 saturated carbocycles. The third-order valence-corrected chi connectivity index (χ3v) is 2.36. The summed E-state index contributed by atoms with van der Waals surface area (Å²) in [4.78, 5) is 11.6. The summed E-state index contributed by atoms with van der Waals surface area (Å²) in [6, 6.07) is -14.9. The molecule has 0 aliphatic heterocycles. The predicted octanol–water partition coefficient (Wildman–Crippen LogP) is 2.22. The van der Waals surface area contributed by atoms with Gasteiger partial charge >= 0.3 is 0 Å². The lowest BCUT2D eigenvalue weighted by Crippen LogP contribution is -2.32. The highest BCUT2D eigenvalue weighted by Gasteiger charge is 2.12. The molecule has 2 rings (SSSR count). The van der Waals surface area contributed by atoms with Gasteiger partial charge in [-0.1, -0.05) is 18.1 Å². The van der Waals surface area contributed by atoms with Crippen molar-refractivity contribution in [3.63, 3.8) is 0 Å². The highest BCUT2D eigenvalue weighted by atomic mass is 16.5. The number of rotatable bonds is 10. The molecule has 0 spiro atoms. The summed E-state index contributed by atoms with van der Waals surface area (Å²) in [5.41, 5.74) is -4.66. The Hall–Kier alpha value is -2.57. The summed E-state index contributed by atoms with van der Waals surface area (Å²) < 4.78 is 197. The Morgan fingerprint density at radius 1 is 1.52 bits per heavy atom. The number of carbonyl (C=O) groups is 1. The zero-order valence-electron chi connectivity index (χ0n) is 36.0. The normalized spacial score (nSPS) is 31.6. The first-order valence-electron chi connectivity index (χ1n) is 17.9. The number of methoxy groups -OCH3 is 1. The van der Waals surface area contributed by atoms with E-state index >= 15 is 0 Å². The molecule has 1 amide bonds. The molecular formula is C19H24N2O4. The number of phenols is 1. The van der Waals surface area contributed by atoms with Crippen LogP contribution in [0.25, 0.3) is 0 Å². The second-order valence-corrected chi connectivity index (χ2v) is 3.96. The van der Waals surface area contributed by atoms with Crippen molar-refractivity contribution in [1.82, 2.24) is 5.31 Å². The maximum absolute atomic E-state index is 11.6. The van der Waals surface area contributed by atoms with Crippen LogP contribution in [0.3, 0.4) is 0 Å². The summed E-state index contributed by atoms with van der Waals surface area (Å²) in [6.45, 7) is -8.78. The molecule has 0 radical (unpaired) electrons. The minimum Gasteiger partial charge on any atom is -0.506 e. The van der Waals surface area contributed by atoms with Gasteiger partial charge in [-0.3, -0.25) is 4.79 Å². The molecule has 4 N–H and O–H groups in total. The molecule has 0 saturated heterocycles. The van der Waals surface area contributed by atoms with Gasteiger partial charge in [0.1, 0.15) is 14.3 Å². The molecule has 6 heteroatoms. The number of benzene rings is 2. The van der Waals surface area contributed by atoms with Crippen LogP contribution in [0.2, 0.25) is 2.82 Å². The maximum Gasteiger partial charge on any atom is 0.293 e. The number of hydrogen-bond donors (Lipinski definition) is 4. The van der Waals surface area contributed by atoms with Crippen LogP contribution >= 0.6 is 0 Å². The Bertz CT molecular complexity index is 1600. The Morgan fingerprint density at radius 3 is 3.08 bits per heavy atom. The van der Waals surface area contributed by atoms with Gasteiger partial charge in [0.25, 0.3) is 1.43 Å². The van der Waals surface area contributed by atoms with Gasteiger partial charge in [-0.25, -0.2) is 0 Å². The fourth-order valence-electron chi connectivity index (χ4n) is 1.35. The number of carbonyl (C=O) groups excluding carboxylic acids is 1. The fraction of sp³-hybridized carbons (Fsp3) is 0.316. The second kappa shape index (κ2) is 9.05. The van der Waals surface area contributed by atoms with Gasteiger partial charge in [0.05, 0.1) is 33.9 Å². The molecule has 0 bridgehead atoms. The van der Waals surface area contributed by atoms with Crippen LogP contribution in [0.15, 0.2) is 42.3 Å². The van der Waals surface area contributed by atoms with E-state index in [0.29, 0.717) is 0 Å². The summed E-state index contributed by atoms with van der Waals surface area (Å²) in [7, 11) is -3.37. The molecule has 2 aromatic carbocycles. The summed E-state index contributed by atoms with van der Waals surface area (Å²) in [6.07, 6.45) is -10.5. The van der Waals surface area contributed by atoms with Crippen LogP contribution < -0.4 is 15.4 Å². The molecule has 25 heavy (non-hydrogen) atoms. The summed E-state index contributed by atoms with van der Waals surface area (Å²) in [5.74, 6) is -2.50. The molecule has 0 aliphatic rings. The van der Waals surface area contributed by atoms with Gasteiger partial charge in [0, 0.05) is 23.5 Å². The number of anilines is 1. The van der Waals surface area contributed by atoms with Crippen LogP contribution in [0.5, 0.6) is 11.5 Å². The molecule has 0 unspecified atom stereocenters. The zero-order chi connectivity index (χ0) is 38.8. The van der Waals surface area contributed by atoms with E-state index in [1.54, 1.807) is 0 Å². The van der Waals surface area contributed by atoms with Crippen molar-refractivity contribution in [1.29, 1.82) is 2.86 Å². The molecule has 134 valence electrons. The van der Waals surface area contributed by atoms with E-state index in [1.165, 1.54) is 0 Å². The summed E-state index contributed by atoms with van der Waals surface area (Å²) in [5, 5.41) is 6.57. The third-order valence-electron chi connectivity index (χ3n) is 2.36. The van der Waals surface area contributed by atoms with E-state index in [1.807, 2.05) is 0 Å². The first-order valence-corrected chi connectivity index (χ1v) is 6.17. The van der Waals surface area contributed by atoms with Crippen LogP contribution in [0.4, 0.5) is 5.69 Å². The molecule has 6 nitrogen and oxygen atoms in total. The van der Waals surface area contributed by atoms with Gasteiger partial charge in [0.2, 0.25) is 7.82 Å². The van der Waals surface area contributed by atoms with Crippen LogP contribution in [0, 0.1) is 0 Å². The lowest BCUT2D eigenvalue weighted by Gasteiger charge is -2.18. The standard InChI is InChI=1S/C19H24N2O4/c1-13(9-14-3-6-16(25-2)7-4-14)20-11-19(24)15-5-8-18(23)17(10-15)21-12-22/h3-8,10,12-13,19-20,23-24H,9,11H2,1-2H3,(H,21,22)/t13-,19+/m1/s1/i1D3,2D3,3D,4D,5D,6D,7D,8D,9D2,10D,11D2,12D,13D,19D,24D/hD3. The zero-order valence-corrected chi connectivity index (χ0v) is 12.0. The highest BCUT2D eigenvalue weighted by molar-refractivity contribution is 5.75. The van der Waals surface area contributed by atoms with E-state index in [2.05, 4.69) is 15.0 Å². The number of aliphatic hydroxyl groups is 1. The number of ether oxygens (including phenoxy) is 1. The molecule has 0 aromatic heterocycles. The lowest BCUT2D eigenvalue weighted by atomic mass is 10.1. The van der Waals surface area contributed by atoms with E-state index in [4.69, 9.17) is 33.1 Å². The Balaban J connectivity index is 3.09. The number of amides is 1. The topological polar surface area (TPSA) is 90.8 Å². The average Bonchev–Trinajstić information content (AvgIpc) is 2.97. The van der Waals surface area contributed by atoms with Gasteiger partial charge < -0.3 is 25.6 Å². The van der Waals surface area contributed by atoms with Crippen molar-refractivity contribution in [3.8, 4) is 11.5 Å². The average molecular weight is 369 g/mol. The van der Waals surface area contributed by atoms with Gasteiger partial charge in [-0.2, -0.15) is 0 Å². The monoisotopic (exact) mass is 368 g/mol. The first kappa shape index (κ1) is 4.58. The predicted molar refractivity (Wildman–Crippen MR) is 96.9 cm³/mol. The number of hydrogen-bond acceptors (Lipinski definition) is 5. The minimum atomic E-state index is -4.52. The first-order chi connectivity index (χ1) is 21.9. The van der Waals surface area contributed by atoms with E-state index in [0.717, 1.165) is 0 Å². The lowest BCUT2D eigenvalue weighted by molar-refractivity contribution is -0.105. The van der Waals surface area contributed by atoms with Crippen molar-refractivity contribution >= 4 is 12.1 Å². The quantitative estimate of drug-likeness (QED) is 0.381. The minimum absolute atomic E-state index is 0.510. The SMILES string of the molecule is [2H]Oc1c([2H])c([2H])c([C@@]([2H])(O[2H])C([2H])([2H])N([2H])[C@]([2H])(C([2H])([2H])[2H])C([2H])([2H])c2c([2H])c([2H])c(OC([2H])([2H])[2H])c([2H])c2[2H])c([2H])c1N([2H])C([2H])=O. The van der Waals surface area contributed by atoms with Gasteiger partial charge in [0.15, 0.2) is 1.41 Å². The van der Waals surface area contributed by atoms with Gasteiger partial charge in [-0.15, -0.1) is 0 Å². The van der Waals surface area contributed by atoms with Crippen molar-refractivity contribution in [2.24, 2.45) is 0 Å². The molecule has 0 fully saturated rings. The van der Waals surface area contributed by atoms with Crippen LogP contribution in [-0.4, -0.2) is 39.0 Å². The number of phenolic OH excluding ortho intramolecular Hbond substituents is 1. The van der Waals surface area contributed by atoms with Gasteiger partial charge in [-0.05, 0) is 48.5 Å². The van der Waals surface area contributed by atoms with Crippen molar-refractivity contribution in [3.05, 3.63) is 53.4 Å². The molecule has 2 atom stereocenters. The largest absolute Gasteiger partial charge is 0.506 e. The number of nitrogens with one attached hydrogen (secondary N) is 2. The van der Waals surface area contributed by atoms with E-state index in [9.17, 15) is 4.79 Å². The van der Waals surface area contributed by atoms with Crippen molar-refractivity contribution in [2.45, 2.75) is 25.3 Å². The molecular weight excluding hydrogens is 320 g/mol. The van der Waals surface area contributed by atoms with E-state index in [-0.39, 0.29) is 0 Å². The Morgan fingerprint density at radius 2 is 2.40 bits per heavy atom. The highest BCUT2D eigenvalue weighted by Crippen LogP contribution is 2.26. The Labute approximate surface area is 181 Å². The molecule has 2 aromatic rings. The molecule has 0 heterocycles. The van der Waals surface area contributed by atoms with Crippen molar-refractivity contribution in [2.75, 3.05) is 18.8 Å². The Kier molecular flexibility index (Phi) is 1.66. The summed E-state index contributed by atoms with van der Waals surface area (Å²) >= 11 is 0. The van der Waals surface area contributed by atoms with Crippen LogP contribution in [0.1, 0.15) is 51.5 Å². The van der Waals surface area contributed by atoms with Crippen molar-refractivity contribution < 1.29 is 50.0 Å².